The van der Waals surface area contributed by atoms with Gasteiger partial charge in [-0.2, -0.15) is 5.26 Å². The van der Waals surface area contributed by atoms with Crippen LogP contribution in [-0.2, 0) is 22.4 Å². The Balaban J connectivity index is 1.43. The van der Waals surface area contributed by atoms with Crippen molar-refractivity contribution in [3.63, 3.8) is 0 Å². The minimum absolute atomic E-state index is 0.104. The van der Waals surface area contributed by atoms with Crippen LogP contribution in [-0.4, -0.2) is 37.0 Å². The zero-order valence-electron chi connectivity index (χ0n) is 18.1. The van der Waals surface area contributed by atoms with Gasteiger partial charge in [0.05, 0.1) is 18.0 Å². The molecule has 2 aliphatic heterocycles. The average Bonchev–Trinajstić information content (AvgIpc) is 3.07. The van der Waals surface area contributed by atoms with Crippen molar-refractivity contribution in [3.05, 3.63) is 53.6 Å². The normalized spacial score (nSPS) is 21.3. The van der Waals surface area contributed by atoms with Crippen LogP contribution < -0.4 is 15.5 Å². The Labute approximate surface area is 183 Å². The summed E-state index contributed by atoms with van der Waals surface area (Å²) in [4.78, 5) is 26.3. The number of benzene rings is 2. The topological polar surface area (TPSA) is 85.2 Å². The molecule has 1 unspecified atom stereocenters. The second-order valence-corrected chi connectivity index (χ2v) is 8.75. The number of likely N-dealkylation sites (N-methyl/N-ethyl adjacent to an activating group) is 1. The number of hydrogen-bond acceptors (Lipinski definition) is 4. The van der Waals surface area contributed by atoms with E-state index in [9.17, 15) is 14.9 Å². The van der Waals surface area contributed by atoms with Crippen LogP contribution >= 0.6 is 0 Å². The largest absolute Gasteiger partial charge is 0.338 e. The summed E-state index contributed by atoms with van der Waals surface area (Å²) in [5, 5.41) is 15.8. The number of piperidine rings is 1. The molecule has 0 saturated carbocycles. The third-order valence-electron chi connectivity index (χ3n) is 6.47. The van der Waals surface area contributed by atoms with Gasteiger partial charge in [-0.05, 0) is 61.1 Å². The Kier molecular flexibility index (Phi) is 5.79. The van der Waals surface area contributed by atoms with Gasteiger partial charge in [-0.3, -0.25) is 9.59 Å². The minimum Gasteiger partial charge on any atom is -0.338 e. The van der Waals surface area contributed by atoms with E-state index in [2.05, 4.69) is 16.7 Å². The molecular formula is C25H28N4O2. The first kappa shape index (κ1) is 21.1. The fourth-order valence-corrected chi connectivity index (χ4v) is 4.39. The Morgan fingerprint density at radius 3 is 2.65 bits per heavy atom. The van der Waals surface area contributed by atoms with Crippen molar-refractivity contribution in [2.24, 2.45) is 0 Å². The standard InChI is InChI=1S/C25H28N4O2/c1-25(11-3-4-12-27-25)24(31)28-21(16-26)13-17-5-7-18(8-6-17)19-9-10-20-15-23(30)29(2)22(20)14-19/h5-10,14,21,27H,3-4,11-13,15H2,1-2H3,(H,28,31)/t21-,25?/m0/s1. The average molecular weight is 417 g/mol. The van der Waals surface area contributed by atoms with Gasteiger partial charge >= 0.3 is 0 Å². The van der Waals surface area contributed by atoms with Crippen LogP contribution in [0.5, 0.6) is 0 Å². The van der Waals surface area contributed by atoms with Gasteiger partial charge < -0.3 is 15.5 Å². The highest BCUT2D eigenvalue weighted by Gasteiger charge is 2.35. The van der Waals surface area contributed by atoms with E-state index >= 15 is 0 Å². The highest BCUT2D eigenvalue weighted by molar-refractivity contribution is 6.01. The molecule has 0 radical (unpaired) electrons. The molecule has 0 aromatic heterocycles. The molecule has 2 aliphatic rings. The number of nitrogens with zero attached hydrogens (tertiary/aromatic N) is 2. The summed E-state index contributed by atoms with van der Waals surface area (Å²) in [6.45, 7) is 2.74. The summed E-state index contributed by atoms with van der Waals surface area (Å²) < 4.78 is 0. The van der Waals surface area contributed by atoms with Gasteiger partial charge in [0.2, 0.25) is 11.8 Å². The Morgan fingerprint density at radius 1 is 1.23 bits per heavy atom. The predicted octanol–water partition coefficient (Wildman–Crippen LogP) is 2.96. The smallest absolute Gasteiger partial charge is 0.241 e. The number of hydrogen-bond donors (Lipinski definition) is 2. The third kappa shape index (κ3) is 4.33. The summed E-state index contributed by atoms with van der Waals surface area (Å²) in [7, 11) is 1.81. The summed E-state index contributed by atoms with van der Waals surface area (Å²) >= 11 is 0. The van der Waals surface area contributed by atoms with E-state index < -0.39 is 11.6 Å². The molecule has 2 amide bonds. The van der Waals surface area contributed by atoms with Crippen LogP contribution in [0.3, 0.4) is 0 Å². The van der Waals surface area contributed by atoms with Gasteiger partial charge in [-0.1, -0.05) is 36.4 Å². The molecule has 6 nitrogen and oxygen atoms in total. The molecule has 2 N–H and O–H groups in total. The van der Waals surface area contributed by atoms with E-state index in [0.29, 0.717) is 12.8 Å². The van der Waals surface area contributed by atoms with Crippen molar-refractivity contribution in [3.8, 4) is 17.2 Å². The van der Waals surface area contributed by atoms with Gasteiger partial charge in [-0.25, -0.2) is 0 Å². The number of anilines is 1. The van der Waals surface area contributed by atoms with E-state index in [1.54, 1.807) is 11.9 Å². The minimum atomic E-state index is -0.598. The molecule has 1 saturated heterocycles. The number of rotatable bonds is 5. The van der Waals surface area contributed by atoms with Crippen molar-refractivity contribution in [1.29, 1.82) is 5.26 Å². The van der Waals surface area contributed by atoms with Crippen molar-refractivity contribution in [2.45, 2.75) is 50.6 Å². The fourth-order valence-electron chi connectivity index (χ4n) is 4.39. The van der Waals surface area contributed by atoms with E-state index in [1.807, 2.05) is 49.4 Å². The van der Waals surface area contributed by atoms with E-state index in [1.165, 1.54) is 0 Å². The summed E-state index contributed by atoms with van der Waals surface area (Å²) in [6, 6.07) is 15.8. The first-order valence-corrected chi connectivity index (χ1v) is 10.8. The summed E-state index contributed by atoms with van der Waals surface area (Å²) in [6.07, 6.45) is 3.80. The highest BCUT2D eigenvalue weighted by Crippen LogP contribution is 2.32. The van der Waals surface area contributed by atoms with E-state index in [-0.39, 0.29) is 11.8 Å². The third-order valence-corrected chi connectivity index (χ3v) is 6.47. The van der Waals surface area contributed by atoms with Crippen molar-refractivity contribution >= 4 is 17.5 Å². The van der Waals surface area contributed by atoms with Crippen LogP contribution in [0.4, 0.5) is 5.69 Å². The summed E-state index contributed by atoms with van der Waals surface area (Å²) in [5.41, 5.74) is 4.51. The Hall–Kier alpha value is -3.17. The fraction of sp³-hybridized carbons (Fsp3) is 0.400. The van der Waals surface area contributed by atoms with Crippen molar-refractivity contribution < 1.29 is 9.59 Å². The zero-order chi connectivity index (χ0) is 22.0. The zero-order valence-corrected chi connectivity index (χ0v) is 18.1. The number of nitrogens with one attached hydrogen (secondary N) is 2. The van der Waals surface area contributed by atoms with Crippen molar-refractivity contribution in [1.82, 2.24) is 10.6 Å². The van der Waals surface area contributed by atoms with Crippen molar-refractivity contribution in [2.75, 3.05) is 18.5 Å². The quantitative estimate of drug-likeness (QED) is 0.785. The molecule has 2 atom stereocenters. The molecule has 4 rings (SSSR count). The Morgan fingerprint density at radius 2 is 1.97 bits per heavy atom. The lowest BCUT2D eigenvalue weighted by molar-refractivity contribution is -0.128. The number of fused-ring (bicyclic) bond motifs is 1. The molecular weight excluding hydrogens is 388 g/mol. The van der Waals surface area contributed by atoms with Crippen LogP contribution in [0.1, 0.15) is 37.3 Å². The molecule has 1 fully saturated rings. The second-order valence-electron chi connectivity index (χ2n) is 8.75. The molecule has 160 valence electrons. The van der Waals surface area contributed by atoms with Gasteiger partial charge in [0.1, 0.15) is 6.04 Å². The maximum absolute atomic E-state index is 12.7. The number of amides is 2. The monoisotopic (exact) mass is 416 g/mol. The predicted molar refractivity (Wildman–Crippen MR) is 120 cm³/mol. The Bertz CT molecular complexity index is 1030. The maximum atomic E-state index is 12.7. The van der Waals surface area contributed by atoms with E-state index in [4.69, 9.17) is 0 Å². The lowest BCUT2D eigenvalue weighted by Gasteiger charge is -2.34. The van der Waals surface area contributed by atoms with Crippen LogP contribution in [0, 0.1) is 11.3 Å². The molecule has 2 aromatic rings. The highest BCUT2D eigenvalue weighted by atomic mass is 16.2. The molecule has 6 heteroatoms. The SMILES string of the molecule is CN1C(=O)Cc2ccc(-c3ccc(C[C@@H](C#N)NC(=O)C4(C)CCCCN4)cc3)cc21. The van der Waals surface area contributed by atoms with Crippen LogP contribution in [0.15, 0.2) is 42.5 Å². The second kappa shape index (κ2) is 8.52. The van der Waals surface area contributed by atoms with E-state index in [0.717, 1.165) is 53.7 Å². The van der Waals surface area contributed by atoms with Gasteiger partial charge in [-0.15, -0.1) is 0 Å². The van der Waals surface area contributed by atoms with Gasteiger partial charge in [0.25, 0.3) is 0 Å². The molecule has 2 aromatic carbocycles. The molecule has 2 heterocycles. The molecule has 0 aliphatic carbocycles. The van der Waals surface area contributed by atoms with Crippen LogP contribution in [0.25, 0.3) is 11.1 Å². The first-order chi connectivity index (χ1) is 14.9. The lowest BCUT2D eigenvalue weighted by atomic mass is 9.89. The van der Waals surface area contributed by atoms with Gasteiger partial charge in [0.15, 0.2) is 0 Å². The summed E-state index contributed by atoms with van der Waals surface area (Å²) in [5.74, 6) is 0.0107. The number of carbonyl (C=O) groups is 2. The van der Waals surface area contributed by atoms with Gasteiger partial charge in [0, 0.05) is 19.2 Å². The first-order valence-electron chi connectivity index (χ1n) is 10.8. The maximum Gasteiger partial charge on any atom is 0.241 e. The molecule has 31 heavy (non-hydrogen) atoms. The molecule has 0 spiro atoms. The lowest BCUT2D eigenvalue weighted by Crippen LogP contribution is -2.58. The number of nitriles is 1. The van der Waals surface area contributed by atoms with Crippen LogP contribution in [0.2, 0.25) is 0 Å². The molecule has 0 bridgehead atoms. The number of carbonyl (C=O) groups excluding carboxylic acids is 2.